The van der Waals surface area contributed by atoms with E-state index in [1.807, 2.05) is 0 Å². The SMILES string of the molecule is CNC(=O)C1(CC#N)Nc2c(S(=O)C(F)(F)F)c(C#N)nn2-c2c(Cl)cc(C(F)(F)F)cc21. The first-order valence-electron chi connectivity index (χ1n) is 8.53. The van der Waals surface area contributed by atoms with Crippen molar-refractivity contribution in [2.75, 3.05) is 12.4 Å². The number of aromatic nitrogens is 2. The lowest BCUT2D eigenvalue weighted by Crippen LogP contribution is -2.52. The van der Waals surface area contributed by atoms with Crippen LogP contribution in [0.15, 0.2) is 17.0 Å². The molecule has 2 unspecified atom stereocenters. The molecule has 16 heteroatoms. The molecule has 2 heterocycles. The Morgan fingerprint density at radius 1 is 1.30 bits per heavy atom. The van der Waals surface area contributed by atoms with Gasteiger partial charge in [-0.25, -0.2) is 8.89 Å². The van der Waals surface area contributed by atoms with Gasteiger partial charge in [0.15, 0.2) is 22.0 Å². The largest absolute Gasteiger partial charge is 0.476 e. The lowest BCUT2D eigenvalue weighted by Gasteiger charge is -2.38. The van der Waals surface area contributed by atoms with Crippen LogP contribution in [0, 0.1) is 22.7 Å². The summed E-state index contributed by atoms with van der Waals surface area (Å²) in [6, 6.07) is 3.89. The number of carbonyl (C=O) groups excluding carboxylic acids is 1. The van der Waals surface area contributed by atoms with Gasteiger partial charge in [0, 0.05) is 12.6 Å². The Morgan fingerprint density at radius 3 is 2.42 bits per heavy atom. The molecule has 2 N–H and O–H groups in total. The number of anilines is 1. The summed E-state index contributed by atoms with van der Waals surface area (Å²) in [6.07, 6.45) is -5.81. The van der Waals surface area contributed by atoms with E-state index in [1.54, 1.807) is 6.07 Å². The third-order valence-corrected chi connectivity index (χ3v) is 6.16. The third-order valence-electron chi connectivity index (χ3n) is 4.70. The van der Waals surface area contributed by atoms with Crippen molar-refractivity contribution in [3.8, 4) is 17.8 Å². The molecule has 33 heavy (non-hydrogen) atoms. The van der Waals surface area contributed by atoms with Crippen molar-refractivity contribution >= 4 is 34.1 Å². The number of nitrogens with zero attached hydrogens (tertiary/aromatic N) is 4. The molecule has 3 rings (SSSR count). The van der Waals surface area contributed by atoms with E-state index in [0.29, 0.717) is 16.8 Å². The molecule has 1 aromatic heterocycles. The molecule has 174 valence electrons. The summed E-state index contributed by atoms with van der Waals surface area (Å²) in [7, 11) is -2.75. The molecule has 0 fully saturated rings. The van der Waals surface area contributed by atoms with E-state index >= 15 is 0 Å². The van der Waals surface area contributed by atoms with Gasteiger partial charge in [0.2, 0.25) is 0 Å². The summed E-state index contributed by atoms with van der Waals surface area (Å²) in [6.45, 7) is 0. The Kier molecular flexibility index (Phi) is 5.85. The molecule has 0 spiro atoms. The van der Waals surface area contributed by atoms with Crippen molar-refractivity contribution in [2.24, 2.45) is 0 Å². The zero-order valence-electron chi connectivity index (χ0n) is 16.0. The lowest BCUT2D eigenvalue weighted by molar-refractivity contribution is -0.138. The van der Waals surface area contributed by atoms with Crippen LogP contribution in [0.4, 0.5) is 32.2 Å². The minimum Gasteiger partial charge on any atom is -0.357 e. The molecule has 0 saturated heterocycles. The topological polar surface area (TPSA) is 124 Å². The highest BCUT2D eigenvalue weighted by molar-refractivity contribution is 7.86. The molecule has 2 atom stereocenters. The van der Waals surface area contributed by atoms with Gasteiger partial charge in [0.05, 0.1) is 28.8 Å². The summed E-state index contributed by atoms with van der Waals surface area (Å²) >= 11 is 6.05. The number of nitrogens with one attached hydrogen (secondary N) is 2. The highest BCUT2D eigenvalue weighted by Gasteiger charge is 2.51. The average molecular weight is 511 g/mol. The second-order valence-corrected chi connectivity index (χ2v) is 8.38. The molecule has 1 aromatic carbocycles. The molecule has 1 amide bonds. The first-order chi connectivity index (χ1) is 15.2. The van der Waals surface area contributed by atoms with Crippen LogP contribution in [0.25, 0.3) is 5.69 Å². The van der Waals surface area contributed by atoms with E-state index in [2.05, 4.69) is 15.7 Å². The quantitative estimate of drug-likeness (QED) is 0.611. The normalized spacial score (nSPS) is 18.2. The number of rotatable bonds is 3. The fourth-order valence-corrected chi connectivity index (χ4v) is 4.45. The summed E-state index contributed by atoms with van der Waals surface area (Å²) < 4.78 is 92.8. The lowest BCUT2D eigenvalue weighted by atomic mass is 9.82. The first kappa shape index (κ1) is 24.3. The van der Waals surface area contributed by atoms with E-state index in [1.165, 1.54) is 6.07 Å². The minimum atomic E-state index is -5.35. The molecular formula is C17H9ClF6N6O2S. The second-order valence-electron chi connectivity index (χ2n) is 6.56. The third kappa shape index (κ3) is 3.77. The smallest absolute Gasteiger partial charge is 0.357 e. The number of amides is 1. The van der Waals surface area contributed by atoms with E-state index < -0.39 is 78.6 Å². The van der Waals surface area contributed by atoms with Crippen LogP contribution in [0.5, 0.6) is 0 Å². The highest BCUT2D eigenvalue weighted by atomic mass is 35.5. The maximum absolute atomic E-state index is 13.4. The van der Waals surface area contributed by atoms with E-state index in [-0.39, 0.29) is 0 Å². The summed E-state index contributed by atoms with van der Waals surface area (Å²) in [4.78, 5) is 11.7. The zero-order valence-corrected chi connectivity index (χ0v) is 17.6. The van der Waals surface area contributed by atoms with Crippen LogP contribution in [-0.4, -0.2) is 32.5 Å². The van der Waals surface area contributed by atoms with Gasteiger partial charge in [-0.1, -0.05) is 11.6 Å². The van der Waals surface area contributed by atoms with Gasteiger partial charge in [-0.3, -0.25) is 4.79 Å². The molecule has 1 aliphatic rings. The van der Waals surface area contributed by atoms with Gasteiger partial charge in [-0.05, 0) is 12.1 Å². The van der Waals surface area contributed by atoms with E-state index in [4.69, 9.17) is 11.6 Å². The number of benzene rings is 1. The number of likely N-dealkylation sites (N-methyl/N-ethyl adjacent to an activating group) is 1. The van der Waals surface area contributed by atoms with Crippen molar-refractivity contribution in [3.63, 3.8) is 0 Å². The number of hydrogen-bond acceptors (Lipinski definition) is 6. The summed E-state index contributed by atoms with van der Waals surface area (Å²) in [5, 5.41) is 26.0. The molecule has 0 radical (unpaired) electrons. The molecule has 0 saturated carbocycles. The molecule has 1 aliphatic heterocycles. The standard InChI is InChI=1S/C17H9ClF6N6O2S/c1-27-14(31)15(2-3-25)8-4-7(16(19,20)21)5-9(18)11(8)30-13(28-15)12(10(6-26)29-30)33(32)17(22,23)24/h4-5,28H,2H2,1H3,(H,27,31). The highest BCUT2D eigenvalue weighted by Crippen LogP contribution is 2.48. The maximum Gasteiger partial charge on any atom is 0.476 e. The Labute approximate surface area is 188 Å². The van der Waals surface area contributed by atoms with Crippen molar-refractivity contribution < 1.29 is 35.3 Å². The fraction of sp³-hybridized carbons (Fsp3) is 0.294. The van der Waals surface area contributed by atoms with Crippen molar-refractivity contribution in [2.45, 2.75) is 28.5 Å². The number of fused-ring (bicyclic) bond motifs is 3. The van der Waals surface area contributed by atoms with Gasteiger partial charge in [-0.15, -0.1) is 0 Å². The van der Waals surface area contributed by atoms with Crippen LogP contribution in [0.1, 0.15) is 23.2 Å². The van der Waals surface area contributed by atoms with Crippen molar-refractivity contribution in [3.05, 3.63) is 34.0 Å². The minimum absolute atomic E-state index is 0.449. The van der Waals surface area contributed by atoms with Gasteiger partial charge >= 0.3 is 11.7 Å². The predicted octanol–water partition coefficient (Wildman–Crippen LogP) is 3.32. The number of alkyl halides is 6. The fourth-order valence-electron chi connectivity index (χ4n) is 3.34. The number of halogens is 7. The van der Waals surface area contributed by atoms with Crippen LogP contribution in [0.3, 0.4) is 0 Å². The van der Waals surface area contributed by atoms with Gasteiger partial charge in [-0.2, -0.15) is 42.0 Å². The summed E-state index contributed by atoms with van der Waals surface area (Å²) in [5.74, 6) is -1.88. The Hall–Kier alpha value is -3.30. The molecular weight excluding hydrogens is 502 g/mol. The van der Waals surface area contributed by atoms with E-state index in [0.717, 1.165) is 7.05 Å². The predicted molar refractivity (Wildman–Crippen MR) is 100 cm³/mol. The summed E-state index contributed by atoms with van der Waals surface area (Å²) in [5.41, 5.74) is -11.1. The molecule has 2 aromatic rings. The van der Waals surface area contributed by atoms with Gasteiger partial charge in [0.1, 0.15) is 16.8 Å². The molecule has 0 aliphatic carbocycles. The van der Waals surface area contributed by atoms with Crippen molar-refractivity contribution in [1.82, 2.24) is 15.1 Å². The monoisotopic (exact) mass is 510 g/mol. The van der Waals surface area contributed by atoms with Crippen LogP contribution >= 0.6 is 11.6 Å². The number of nitriles is 2. The second kappa shape index (κ2) is 7.93. The Balaban J connectivity index is 2.52. The van der Waals surface area contributed by atoms with Crippen molar-refractivity contribution in [1.29, 1.82) is 10.5 Å². The zero-order chi connectivity index (χ0) is 24.9. The molecule has 0 bridgehead atoms. The van der Waals surface area contributed by atoms with E-state index in [9.17, 15) is 45.9 Å². The van der Waals surface area contributed by atoms with Crippen LogP contribution in [-0.2, 0) is 27.3 Å². The number of carbonyl (C=O) groups is 1. The Morgan fingerprint density at radius 2 is 1.94 bits per heavy atom. The van der Waals surface area contributed by atoms with Gasteiger partial charge in [0.25, 0.3) is 5.91 Å². The average Bonchev–Trinajstić information content (AvgIpc) is 3.08. The maximum atomic E-state index is 13.4. The van der Waals surface area contributed by atoms with Gasteiger partial charge < -0.3 is 10.6 Å². The first-order valence-corrected chi connectivity index (χ1v) is 10.1. The van der Waals surface area contributed by atoms with Crippen LogP contribution < -0.4 is 10.6 Å². The molecule has 8 nitrogen and oxygen atoms in total. The Bertz CT molecular complexity index is 1280. The number of hydrogen-bond donors (Lipinski definition) is 2. The van der Waals surface area contributed by atoms with Crippen LogP contribution in [0.2, 0.25) is 5.02 Å².